The average molecular weight is 254 g/mol. The number of hydrogen-bond donors (Lipinski definition) is 3. The summed E-state index contributed by atoms with van der Waals surface area (Å²) in [5, 5.41) is 18.7. The predicted molar refractivity (Wildman–Crippen MR) is 70.4 cm³/mol. The highest BCUT2D eigenvalue weighted by molar-refractivity contribution is 5.79. The Labute approximate surface area is 108 Å². The SMILES string of the molecule is Oc1nc(O)c2nc(/C=C/c3ccccc3)[nH]c2n1. The van der Waals surface area contributed by atoms with E-state index in [4.69, 9.17) is 0 Å². The van der Waals surface area contributed by atoms with Crippen LogP contribution in [-0.2, 0) is 0 Å². The maximum Gasteiger partial charge on any atom is 0.319 e. The third kappa shape index (κ3) is 2.23. The van der Waals surface area contributed by atoms with E-state index < -0.39 is 6.01 Å². The molecule has 0 atom stereocenters. The Morgan fingerprint density at radius 3 is 2.53 bits per heavy atom. The van der Waals surface area contributed by atoms with Crippen LogP contribution in [0.15, 0.2) is 30.3 Å². The summed E-state index contributed by atoms with van der Waals surface area (Å²) in [6, 6.07) is 9.24. The van der Waals surface area contributed by atoms with Crippen molar-refractivity contribution in [3.8, 4) is 11.9 Å². The molecule has 0 aliphatic rings. The second-order valence-corrected chi connectivity index (χ2v) is 3.91. The number of aromatic amines is 1. The first kappa shape index (κ1) is 11.2. The van der Waals surface area contributed by atoms with Gasteiger partial charge in [-0.3, -0.25) is 0 Å². The number of rotatable bonds is 2. The average Bonchev–Trinajstić information content (AvgIpc) is 2.81. The zero-order chi connectivity index (χ0) is 13.2. The van der Waals surface area contributed by atoms with E-state index in [1.807, 2.05) is 36.4 Å². The maximum absolute atomic E-state index is 9.53. The Morgan fingerprint density at radius 1 is 0.947 bits per heavy atom. The van der Waals surface area contributed by atoms with E-state index in [2.05, 4.69) is 19.9 Å². The molecule has 2 heterocycles. The minimum atomic E-state index is -0.493. The lowest BCUT2D eigenvalue weighted by Gasteiger charge is -1.91. The summed E-state index contributed by atoms with van der Waals surface area (Å²) in [5.74, 6) is 0.173. The van der Waals surface area contributed by atoms with Gasteiger partial charge < -0.3 is 15.2 Å². The van der Waals surface area contributed by atoms with E-state index in [-0.39, 0.29) is 17.0 Å². The van der Waals surface area contributed by atoms with Crippen LogP contribution in [0.25, 0.3) is 23.3 Å². The molecule has 0 spiro atoms. The van der Waals surface area contributed by atoms with Gasteiger partial charge in [0.1, 0.15) is 5.82 Å². The molecule has 3 N–H and O–H groups in total. The fourth-order valence-electron chi connectivity index (χ4n) is 1.71. The van der Waals surface area contributed by atoms with Gasteiger partial charge in [-0.05, 0) is 11.6 Å². The van der Waals surface area contributed by atoms with Crippen molar-refractivity contribution in [3.63, 3.8) is 0 Å². The topological polar surface area (TPSA) is 94.9 Å². The van der Waals surface area contributed by atoms with E-state index in [1.165, 1.54) is 0 Å². The number of hydrogen-bond acceptors (Lipinski definition) is 5. The molecule has 0 bridgehead atoms. The number of imidazole rings is 1. The number of nitrogens with zero attached hydrogens (tertiary/aromatic N) is 3. The van der Waals surface area contributed by atoms with Crippen molar-refractivity contribution in [2.24, 2.45) is 0 Å². The highest BCUT2D eigenvalue weighted by atomic mass is 16.3. The van der Waals surface area contributed by atoms with Crippen LogP contribution in [-0.4, -0.2) is 30.1 Å². The van der Waals surface area contributed by atoms with Gasteiger partial charge in [-0.2, -0.15) is 9.97 Å². The van der Waals surface area contributed by atoms with Gasteiger partial charge in [0.2, 0.25) is 5.88 Å². The molecule has 0 aliphatic heterocycles. The molecule has 0 saturated heterocycles. The zero-order valence-electron chi connectivity index (χ0n) is 9.78. The fraction of sp³-hybridized carbons (Fsp3) is 0. The van der Waals surface area contributed by atoms with Gasteiger partial charge in [-0.15, -0.1) is 0 Å². The molecule has 3 aromatic rings. The van der Waals surface area contributed by atoms with Gasteiger partial charge in [-0.1, -0.05) is 36.4 Å². The molecule has 6 nitrogen and oxygen atoms in total. The quantitative estimate of drug-likeness (QED) is 0.649. The molecule has 19 heavy (non-hydrogen) atoms. The molecule has 0 aliphatic carbocycles. The molecular formula is C13H10N4O2. The number of nitrogens with one attached hydrogen (secondary N) is 1. The van der Waals surface area contributed by atoms with Gasteiger partial charge in [0.25, 0.3) is 0 Å². The standard InChI is InChI=1S/C13H10N4O2/c18-12-10-11(16-13(19)17-12)15-9(14-10)7-6-8-4-2-1-3-5-8/h1-7H,(H3,14,15,16,17,18,19)/b7-6+. The largest absolute Gasteiger partial charge is 0.492 e. The molecular weight excluding hydrogens is 244 g/mol. The van der Waals surface area contributed by atoms with Crippen LogP contribution in [0, 0.1) is 0 Å². The number of benzene rings is 1. The van der Waals surface area contributed by atoms with Crippen LogP contribution in [0.4, 0.5) is 0 Å². The Kier molecular flexibility index (Phi) is 2.60. The summed E-state index contributed by atoms with van der Waals surface area (Å²) >= 11 is 0. The van der Waals surface area contributed by atoms with Crippen LogP contribution in [0.2, 0.25) is 0 Å². The van der Waals surface area contributed by atoms with Crippen molar-refractivity contribution in [1.29, 1.82) is 0 Å². The summed E-state index contributed by atoms with van der Waals surface area (Å²) in [6.45, 7) is 0. The second-order valence-electron chi connectivity index (χ2n) is 3.91. The molecule has 3 rings (SSSR count). The Hall–Kier alpha value is -2.89. The lowest BCUT2D eigenvalue weighted by Crippen LogP contribution is -1.83. The molecule has 6 heteroatoms. The molecule has 2 aromatic heterocycles. The third-order valence-corrected chi connectivity index (χ3v) is 2.57. The Balaban J connectivity index is 1.98. The first-order valence-corrected chi connectivity index (χ1v) is 5.61. The minimum absolute atomic E-state index is 0.227. The van der Waals surface area contributed by atoms with Crippen molar-refractivity contribution < 1.29 is 10.2 Å². The first-order chi connectivity index (χ1) is 9.22. The molecule has 94 valence electrons. The first-order valence-electron chi connectivity index (χ1n) is 5.61. The lowest BCUT2D eigenvalue weighted by atomic mass is 10.2. The van der Waals surface area contributed by atoms with E-state index in [9.17, 15) is 10.2 Å². The maximum atomic E-state index is 9.53. The summed E-state index contributed by atoms with van der Waals surface area (Å²) < 4.78 is 0. The Morgan fingerprint density at radius 2 is 1.74 bits per heavy atom. The molecule has 0 unspecified atom stereocenters. The highest BCUT2D eigenvalue weighted by Crippen LogP contribution is 2.21. The van der Waals surface area contributed by atoms with Crippen LogP contribution in [0.3, 0.4) is 0 Å². The number of H-pyrrole nitrogens is 1. The van der Waals surface area contributed by atoms with Crippen molar-refractivity contribution in [1.82, 2.24) is 19.9 Å². The molecule has 0 radical (unpaired) electrons. The van der Waals surface area contributed by atoms with Crippen LogP contribution in [0.1, 0.15) is 11.4 Å². The van der Waals surface area contributed by atoms with Gasteiger partial charge in [0, 0.05) is 0 Å². The summed E-state index contributed by atoms with van der Waals surface area (Å²) in [7, 11) is 0. The van der Waals surface area contributed by atoms with Gasteiger partial charge >= 0.3 is 6.01 Å². The van der Waals surface area contributed by atoms with E-state index >= 15 is 0 Å². The van der Waals surface area contributed by atoms with Crippen LogP contribution < -0.4 is 0 Å². The van der Waals surface area contributed by atoms with Gasteiger partial charge in [-0.25, -0.2) is 4.98 Å². The summed E-state index contributed by atoms with van der Waals surface area (Å²) in [5.41, 5.74) is 1.55. The molecule has 0 saturated carbocycles. The lowest BCUT2D eigenvalue weighted by molar-refractivity contribution is 0.403. The minimum Gasteiger partial charge on any atom is -0.492 e. The van der Waals surface area contributed by atoms with Crippen LogP contribution in [0.5, 0.6) is 11.9 Å². The molecule has 0 amide bonds. The van der Waals surface area contributed by atoms with E-state index in [0.29, 0.717) is 5.82 Å². The number of fused-ring (bicyclic) bond motifs is 1. The van der Waals surface area contributed by atoms with Gasteiger partial charge in [0.15, 0.2) is 11.2 Å². The second kappa shape index (κ2) is 4.41. The molecule has 1 aromatic carbocycles. The van der Waals surface area contributed by atoms with Gasteiger partial charge in [0.05, 0.1) is 0 Å². The zero-order valence-corrected chi connectivity index (χ0v) is 9.78. The normalized spacial score (nSPS) is 11.4. The molecule has 0 fully saturated rings. The summed E-state index contributed by atoms with van der Waals surface area (Å²) in [4.78, 5) is 14.2. The number of aromatic hydroxyl groups is 2. The van der Waals surface area contributed by atoms with Crippen molar-refractivity contribution >= 4 is 23.3 Å². The van der Waals surface area contributed by atoms with E-state index in [0.717, 1.165) is 5.56 Å². The van der Waals surface area contributed by atoms with Crippen LogP contribution >= 0.6 is 0 Å². The smallest absolute Gasteiger partial charge is 0.319 e. The number of aromatic nitrogens is 4. The highest BCUT2D eigenvalue weighted by Gasteiger charge is 2.10. The van der Waals surface area contributed by atoms with Crippen molar-refractivity contribution in [2.75, 3.05) is 0 Å². The third-order valence-electron chi connectivity index (χ3n) is 2.57. The van der Waals surface area contributed by atoms with Crippen molar-refractivity contribution in [2.45, 2.75) is 0 Å². The van der Waals surface area contributed by atoms with E-state index in [1.54, 1.807) is 6.08 Å². The summed E-state index contributed by atoms with van der Waals surface area (Å²) in [6.07, 6.45) is 3.63. The fourth-order valence-corrected chi connectivity index (χ4v) is 1.71. The van der Waals surface area contributed by atoms with Crippen molar-refractivity contribution in [3.05, 3.63) is 41.7 Å². The predicted octanol–water partition coefficient (Wildman–Crippen LogP) is 1.93. The monoisotopic (exact) mass is 254 g/mol. The Bertz CT molecular complexity index is 750.